The van der Waals surface area contributed by atoms with Crippen molar-refractivity contribution in [3.63, 3.8) is 0 Å². The highest BCUT2D eigenvalue weighted by atomic mass is 35.5. The number of benzene rings is 2. The Labute approximate surface area is 167 Å². The fourth-order valence-electron chi connectivity index (χ4n) is 2.50. The molecule has 0 unspecified atom stereocenters. The van der Waals surface area contributed by atoms with Crippen molar-refractivity contribution in [3.05, 3.63) is 83.1 Å². The van der Waals surface area contributed by atoms with Crippen LogP contribution in [0.15, 0.2) is 67.0 Å². The van der Waals surface area contributed by atoms with Crippen LogP contribution < -0.4 is 15.4 Å². The molecular formula is C21H18ClN3O3. The van der Waals surface area contributed by atoms with Crippen LogP contribution in [0.5, 0.6) is 5.75 Å². The Bertz CT molecular complexity index is 1010. The highest BCUT2D eigenvalue weighted by Gasteiger charge is 2.14. The minimum atomic E-state index is -0.392. The second kappa shape index (κ2) is 9.01. The highest BCUT2D eigenvalue weighted by molar-refractivity contribution is 6.31. The van der Waals surface area contributed by atoms with Gasteiger partial charge in [-0.3, -0.25) is 14.6 Å². The molecule has 2 aromatic carbocycles. The van der Waals surface area contributed by atoms with Crippen molar-refractivity contribution in [2.45, 2.75) is 6.92 Å². The average molecular weight is 396 g/mol. The summed E-state index contributed by atoms with van der Waals surface area (Å²) in [6.07, 6.45) is 2.79. The second-order valence-corrected chi connectivity index (χ2v) is 6.25. The van der Waals surface area contributed by atoms with E-state index in [0.717, 1.165) is 0 Å². The SMILES string of the molecule is CCOc1ccccc1NC(=O)c1cncc(C(=O)Nc2cccc(Cl)c2)c1. The zero-order chi connectivity index (χ0) is 19.9. The van der Waals surface area contributed by atoms with E-state index >= 15 is 0 Å². The van der Waals surface area contributed by atoms with Gasteiger partial charge in [0.2, 0.25) is 0 Å². The Morgan fingerprint density at radius 1 is 0.964 bits per heavy atom. The number of hydrogen-bond donors (Lipinski definition) is 2. The molecule has 142 valence electrons. The van der Waals surface area contributed by atoms with Crippen LogP contribution in [0.1, 0.15) is 27.6 Å². The molecule has 28 heavy (non-hydrogen) atoms. The summed E-state index contributed by atoms with van der Waals surface area (Å²) in [5, 5.41) is 6.02. The number of amides is 2. The Hall–Kier alpha value is -3.38. The molecule has 0 aliphatic rings. The number of nitrogens with one attached hydrogen (secondary N) is 2. The number of hydrogen-bond acceptors (Lipinski definition) is 4. The summed E-state index contributed by atoms with van der Waals surface area (Å²) in [5.41, 5.74) is 1.61. The zero-order valence-corrected chi connectivity index (χ0v) is 15.9. The summed E-state index contributed by atoms with van der Waals surface area (Å²) in [6.45, 7) is 2.35. The third-order valence-electron chi connectivity index (χ3n) is 3.78. The number of carbonyl (C=O) groups excluding carboxylic acids is 2. The van der Waals surface area contributed by atoms with Gasteiger partial charge in [0.25, 0.3) is 11.8 Å². The lowest BCUT2D eigenvalue weighted by Crippen LogP contribution is -2.16. The van der Waals surface area contributed by atoms with Gasteiger partial charge in [0.1, 0.15) is 5.75 Å². The van der Waals surface area contributed by atoms with Crippen LogP contribution in [0, 0.1) is 0 Å². The van der Waals surface area contributed by atoms with Gasteiger partial charge in [-0.1, -0.05) is 29.8 Å². The molecule has 0 bridgehead atoms. The first-order valence-electron chi connectivity index (χ1n) is 8.62. The minimum Gasteiger partial charge on any atom is -0.492 e. The Balaban J connectivity index is 1.75. The van der Waals surface area contributed by atoms with E-state index in [1.165, 1.54) is 18.5 Å². The van der Waals surface area contributed by atoms with E-state index < -0.39 is 5.91 Å². The lowest BCUT2D eigenvalue weighted by molar-refractivity contribution is 0.102. The molecule has 1 heterocycles. The Morgan fingerprint density at radius 2 is 1.68 bits per heavy atom. The van der Waals surface area contributed by atoms with Crippen molar-refractivity contribution in [3.8, 4) is 5.75 Å². The van der Waals surface area contributed by atoms with Gasteiger partial charge in [-0.15, -0.1) is 0 Å². The standard InChI is InChI=1S/C21H18ClN3O3/c1-2-28-19-9-4-3-8-18(19)25-21(27)15-10-14(12-23-13-15)20(26)24-17-7-5-6-16(22)11-17/h3-13H,2H2,1H3,(H,24,26)(H,25,27). The normalized spacial score (nSPS) is 10.2. The van der Waals surface area contributed by atoms with E-state index in [-0.39, 0.29) is 17.0 Å². The van der Waals surface area contributed by atoms with E-state index in [1.807, 2.05) is 13.0 Å². The third kappa shape index (κ3) is 4.86. The average Bonchev–Trinajstić information content (AvgIpc) is 2.70. The van der Waals surface area contributed by atoms with E-state index in [0.29, 0.717) is 28.8 Å². The van der Waals surface area contributed by atoms with Crippen molar-refractivity contribution in [2.24, 2.45) is 0 Å². The highest BCUT2D eigenvalue weighted by Crippen LogP contribution is 2.24. The van der Waals surface area contributed by atoms with Crippen molar-refractivity contribution >= 4 is 34.8 Å². The summed E-state index contributed by atoms with van der Waals surface area (Å²) in [7, 11) is 0. The lowest BCUT2D eigenvalue weighted by Gasteiger charge is -2.11. The lowest BCUT2D eigenvalue weighted by atomic mass is 10.1. The molecule has 2 amide bonds. The van der Waals surface area contributed by atoms with Crippen LogP contribution in [-0.2, 0) is 0 Å². The molecule has 0 atom stereocenters. The minimum absolute atomic E-state index is 0.255. The number of anilines is 2. The fourth-order valence-corrected chi connectivity index (χ4v) is 2.69. The number of aromatic nitrogens is 1. The summed E-state index contributed by atoms with van der Waals surface area (Å²) < 4.78 is 5.51. The van der Waals surface area contributed by atoms with Crippen LogP contribution in [0.25, 0.3) is 0 Å². The van der Waals surface area contributed by atoms with Gasteiger partial charge in [0, 0.05) is 23.1 Å². The number of pyridine rings is 1. The molecule has 3 aromatic rings. The van der Waals surface area contributed by atoms with Gasteiger partial charge in [0.15, 0.2) is 0 Å². The topological polar surface area (TPSA) is 80.3 Å². The van der Waals surface area contributed by atoms with E-state index in [2.05, 4.69) is 15.6 Å². The molecule has 0 fully saturated rings. The third-order valence-corrected chi connectivity index (χ3v) is 4.02. The predicted octanol–water partition coefficient (Wildman–Crippen LogP) is 4.64. The molecule has 0 aliphatic heterocycles. The summed E-state index contributed by atoms with van der Waals surface area (Å²) in [5.74, 6) is -0.211. The molecule has 2 N–H and O–H groups in total. The van der Waals surface area contributed by atoms with Crippen molar-refractivity contribution in [1.82, 2.24) is 4.98 Å². The maximum Gasteiger partial charge on any atom is 0.257 e. The van der Waals surface area contributed by atoms with Crippen molar-refractivity contribution < 1.29 is 14.3 Å². The first kappa shape index (κ1) is 19.4. The largest absolute Gasteiger partial charge is 0.492 e. The summed E-state index contributed by atoms with van der Waals surface area (Å²) >= 11 is 5.93. The first-order valence-corrected chi connectivity index (χ1v) is 8.99. The van der Waals surface area contributed by atoms with Crippen molar-refractivity contribution in [2.75, 3.05) is 17.2 Å². The number of carbonyl (C=O) groups is 2. The van der Waals surface area contributed by atoms with Crippen LogP contribution in [0.2, 0.25) is 5.02 Å². The Morgan fingerprint density at radius 3 is 2.39 bits per heavy atom. The smallest absolute Gasteiger partial charge is 0.257 e. The van der Waals surface area contributed by atoms with Crippen LogP contribution >= 0.6 is 11.6 Å². The number of rotatable bonds is 6. The van der Waals surface area contributed by atoms with Crippen LogP contribution in [-0.4, -0.2) is 23.4 Å². The number of nitrogens with zero attached hydrogens (tertiary/aromatic N) is 1. The zero-order valence-electron chi connectivity index (χ0n) is 15.1. The number of para-hydroxylation sites is 2. The molecule has 1 aromatic heterocycles. The van der Waals surface area contributed by atoms with Gasteiger partial charge in [0.05, 0.1) is 23.4 Å². The molecular weight excluding hydrogens is 378 g/mol. The summed E-state index contributed by atoms with van der Waals surface area (Å²) in [6, 6.07) is 15.4. The molecule has 0 radical (unpaired) electrons. The maximum absolute atomic E-state index is 12.6. The van der Waals surface area contributed by atoms with Crippen LogP contribution in [0.3, 0.4) is 0 Å². The van der Waals surface area contributed by atoms with E-state index in [9.17, 15) is 9.59 Å². The maximum atomic E-state index is 12.6. The van der Waals surface area contributed by atoms with Gasteiger partial charge in [-0.2, -0.15) is 0 Å². The first-order chi connectivity index (χ1) is 13.6. The van der Waals surface area contributed by atoms with Gasteiger partial charge in [-0.25, -0.2) is 0 Å². The molecule has 0 spiro atoms. The van der Waals surface area contributed by atoms with E-state index in [4.69, 9.17) is 16.3 Å². The van der Waals surface area contributed by atoms with Crippen molar-refractivity contribution in [1.29, 1.82) is 0 Å². The molecule has 6 nitrogen and oxygen atoms in total. The van der Waals surface area contributed by atoms with Gasteiger partial charge >= 0.3 is 0 Å². The van der Waals surface area contributed by atoms with E-state index in [1.54, 1.807) is 42.5 Å². The molecule has 0 saturated heterocycles. The Kier molecular flexibility index (Phi) is 6.24. The molecule has 3 rings (SSSR count). The number of ether oxygens (including phenoxy) is 1. The molecule has 0 saturated carbocycles. The van der Waals surface area contributed by atoms with Gasteiger partial charge in [-0.05, 0) is 43.3 Å². The second-order valence-electron chi connectivity index (χ2n) is 5.81. The quantitative estimate of drug-likeness (QED) is 0.637. The summed E-state index contributed by atoms with van der Waals surface area (Å²) in [4.78, 5) is 29.1. The molecule has 0 aliphatic carbocycles. The fraction of sp³-hybridized carbons (Fsp3) is 0.0952. The van der Waals surface area contributed by atoms with Crippen LogP contribution in [0.4, 0.5) is 11.4 Å². The molecule has 7 heteroatoms. The monoisotopic (exact) mass is 395 g/mol. The predicted molar refractivity (Wildman–Crippen MR) is 109 cm³/mol. The number of halogens is 1. The van der Waals surface area contributed by atoms with Gasteiger partial charge < -0.3 is 15.4 Å².